The summed E-state index contributed by atoms with van der Waals surface area (Å²) in [5.41, 5.74) is 2.37. The number of nitrogens with one attached hydrogen (secondary N) is 2. The van der Waals surface area contributed by atoms with Crippen molar-refractivity contribution in [2.45, 2.75) is 18.7 Å². The van der Waals surface area contributed by atoms with Gasteiger partial charge in [-0.25, -0.2) is 0 Å². The van der Waals surface area contributed by atoms with E-state index < -0.39 is 0 Å². The van der Waals surface area contributed by atoms with Crippen LogP contribution in [0, 0.1) is 0 Å². The fourth-order valence-electron chi connectivity index (χ4n) is 4.82. The molecule has 3 heterocycles. The maximum atomic E-state index is 13.4. The molecule has 2 atom stereocenters. The van der Waals surface area contributed by atoms with Gasteiger partial charge in [0.1, 0.15) is 6.10 Å². The first-order valence-corrected chi connectivity index (χ1v) is 13.2. The molecule has 0 aliphatic carbocycles. The van der Waals surface area contributed by atoms with E-state index in [0.29, 0.717) is 54.7 Å². The summed E-state index contributed by atoms with van der Waals surface area (Å²) in [6, 6.07) is 20.3. The molecule has 0 saturated carbocycles. The Labute approximate surface area is 233 Å². The molecule has 0 aromatic heterocycles. The van der Waals surface area contributed by atoms with Crippen LogP contribution in [-0.4, -0.2) is 69.3 Å². The van der Waals surface area contributed by atoms with E-state index >= 15 is 0 Å². The first-order chi connectivity index (χ1) is 19.5. The van der Waals surface area contributed by atoms with Gasteiger partial charge in [-0.15, -0.1) is 0 Å². The molecule has 1 fully saturated rings. The number of ether oxygens (including phenoxy) is 4. The largest absolute Gasteiger partial charge is 0.493 e. The van der Waals surface area contributed by atoms with Crippen LogP contribution in [0.2, 0.25) is 0 Å². The predicted octanol–water partition coefficient (Wildman–Crippen LogP) is 3.29. The van der Waals surface area contributed by atoms with Crippen molar-refractivity contribution in [3.05, 3.63) is 89.5 Å². The number of methoxy groups -OCH3 is 2. The highest BCUT2D eigenvalue weighted by atomic mass is 16.5. The zero-order valence-electron chi connectivity index (χ0n) is 22.6. The van der Waals surface area contributed by atoms with E-state index in [1.807, 2.05) is 36.4 Å². The lowest BCUT2D eigenvalue weighted by molar-refractivity contribution is -0.123. The van der Waals surface area contributed by atoms with Crippen molar-refractivity contribution < 1.29 is 28.5 Å². The van der Waals surface area contributed by atoms with Gasteiger partial charge in [-0.2, -0.15) is 0 Å². The summed E-state index contributed by atoms with van der Waals surface area (Å²) >= 11 is 0. The highest BCUT2D eigenvalue weighted by Gasteiger charge is 2.36. The molecule has 0 radical (unpaired) electrons. The Morgan fingerprint density at radius 3 is 2.58 bits per heavy atom. The summed E-state index contributed by atoms with van der Waals surface area (Å²) < 4.78 is 23.2. The number of carbonyl (C=O) groups excluding carboxylic acids is 2. The van der Waals surface area contributed by atoms with Gasteiger partial charge in [-0.1, -0.05) is 48.6 Å². The molecule has 2 amide bonds. The van der Waals surface area contributed by atoms with E-state index in [1.165, 1.54) is 7.11 Å². The van der Waals surface area contributed by atoms with E-state index in [2.05, 4.69) is 39.8 Å². The van der Waals surface area contributed by atoms with Crippen LogP contribution < -0.4 is 29.6 Å². The second kappa shape index (κ2) is 12.6. The minimum atomic E-state index is -0.321. The summed E-state index contributed by atoms with van der Waals surface area (Å²) in [7, 11) is 3.09. The number of carbonyl (C=O) groups is 2. The zero-order chi connectivity index (χ0) is 27.9. The molecule has 208 valence electrons. The highest BCUT2D eigenvalue weighted by molar-refractivity contribution is 5.95. The normalized spacial score (nSPS) is 19.6. The molecule has 9 nitrogen and oxygen atoms in total. The number of fused-ring (bicyclic) bond motifs is 7. The van der Waals surface area contributed by atoms with Crippen molar-refractivity contribution in [2.24, 2.45) is 0 Å². The number of hydrogen-bond acceptors (Lipinski definition) is 7. The van der Waals surface area contributed by atoms with Crippen LogP contribution in [0.1, 0.15) is 21.5 Å². The number of rotatable bonds is 5. The third-order valence-electron chi connectivity index (χ3n) is 6.91. The Hall–Kier alpha value is -4.50. The van der Waals surface area contributed by atoms with Crippen LogP contribution in [0.15, 0.2) is 72.8 Å². The van der Waals surface area contributed by atoms with Gasteiger partial charge in [0.2, 0.25) is 0 Å². The van der Waals surface area contributed by atoms with Crippen molar-refractivity contribution in [3.63, 3.8) is 0 Å². The Kier molecular flexibility index (Phi) is 8.51. The Morgan fingerprint density at radius 1 is 0.950 bits per heavy atom. The second-order valence-corrected chi connectivity index (χ2v) is 9.68. The van der Waals surface area contributed by atoms with Crippen LogP contribution in [0.5, 0.6) is 23.0 Å². The average Bonchev–Trinajstić information content (AvgIpc) is 3.35. The van der Waals surface area contributed by atoms with Crippen molar-refractivity contribution in [1.29, 1.82) is 0 Å². The Balaban J connectivity index is 1.42. The Morgan fingerprint density at radius 2 is 1.77 bits per heavy atom. The molecule has 0 spiro atoms. The van der Waals surface area contributed by atoms with Crippen LogP contribution in [-0.2, 0) is 11.3 Å². The lowest BCUT2D eigenvalue weighted by Gasteiger charge is -2.23. The molecule has 3 aliphatic rings. The van der Waals surface area contributed by atoms with Crippen molar-refractivity contribution in [3.8, 4) is 23.0 Å². The van der Waals surface area contributed by atoms with E-state index in [-0.39, 0.29) is 30.6 Å². The quantitative estimate of drug-likeness (QED) is 0.510. The van der Waals surface area contributed by atoms with Crippen LogP contribution >= 0.6 is 0 Å². The van der Waals surface area contributed by atoms with Crippen LogP contribution in [0.25, 0.3) is 6.08 Å². The van der Waals surface area contributed by atoms with Gasteiger partial charge in [-0.05, 0) is 41.5 Å². The first kappa shape index (κ1) is 27.1. The Bertz CT molecular complexity index is 1380. The summed E-state index contributed by atoms with van der Waals surface area (Å²) in [6.07, 6.45) is 3.88. The van der Waals surface area contributed by atoms with E-state index in [4.69, 9.17) is 18.9 Å². The molecule has 4 bridgehead atoms. The number of likely N-dealkylation sites (tertiary alicyclic amines) is 1. The fraction of sp³-hybridized carbons (Fsp3) is 0.290. The maximum Gasteiger partial charge on any atom is 0.258 e. The average molecular weight is 544 g/mol. The number of amides is 2. The van der Waals surface area contributed by atoms with E-state index in [1.54, 1.807) is 25.3 Å². The molecule has 1 saturated heterocycles. The topological polar surface area (TPSA) is 98.4 Å². The lowest BCUT2D eigenvalue weighted by Crippen LogP contribution is -2.45. The van der Waals surface area contributed by atoms with Crippen molar-refractivity contribution >= 4 is 17.9 Å². The van der Waals surface area contributed by atoms with Crippen LogP contribution in [0.3, 0.4) is 0 Å². The lowest BCUT2D eigenvalue weighted by atomic mass is 10.1. The van der Waals surface area contributed by atoms with Gasteiger partial charge in [0.05, 0.1) is 20.3 Å². The molecule has 0 unspecified atom stereocenters. The third kappa shape index (κ3) is 6.55. The molecule has 2 N–H and O–H groups in total. The second-order valence-electron chi connectivity index (χ2n) is 9.68. The van der Waals surface area contributed by atoms with Gasteiger partial charge >= 0.3 is 0 Å². The van der Waals surface area contributed by atoms with Gasteiger partial charge in [-0.3, -0.25) is 14.5 Å². The summed E-state index contributed by atoms with van der Waals surface area (Å²) in [4.78, 5) is 28.1. The van der Waals surface area contributed by atoms with Gasteiger partial charge in [0, 0.05) is 31.7 Å². The van der Waals surface area contributed by atoms with E-state index in [0.717, 1.165) is 11.1 Å². The molecule has 9 heteroatoms. The minimum Gasteiger partial charge on any atom is -0.493 e. The number of benzene rings is 3. The van der Waals surface area contributed by atoms with Crippen molar-refractivity contribution in [1.82, 2.24) is 15.5 Å². The molecule has 3 aliphatic heterocycles. The zero-order valence-corrected chi connectivity index (χ0v) is 22.6. The number of hydrogen-bond donors (Lipinski definition) is 2. The first-order valence-electron chi connectivity index (χ1n) is 13.2. The summed E-state index contributed by atoms with van der Waals surface area (Å²) in [6.45, 7) is 1.99. The van der Waals surface area contributed by atoms with Crippen LogP contribution in [0.4, 0.5) is 0 Å². The molecule has 6 rings (SSSR count). The minimum absolute atomic E-state index is 0.226. The van der Waals surface area contributed by atoms with Gasteiger partial charge in [0.25, 0.3) is 11.8 Å². The standard InChI is InChI=1S/C31H33N3O6/c1-37-25-13-11-23-16-28(25)39-20-30(35)32-17-22-10-12-26(27(15-22)38-2)40-29-19-34(18-24(29)33-31(23)36)14-6-9-21-7-4-3-5-8-21/h3-13,15-16,24,29H,14,17-20H2,1-2H3,(H,32,35)(H,33,36)/t24-,29-/m0/s1. The van der Waals surface area contributed by atoms with Gasteiger partial charge in [0.15, 0.2) is 29.6 Å². The summed E-state index contributed by atoms with van der Waals surface area (Å²) in [5.74, 6) is 1.28. The predicted molar refractivity (Wildman–Crippen MR) is 151 cm³/mol. The molecule has 40 heavy (non-hydrogen) atoms. The SMILES string of the molecule is COc1ccc2cc1OCC(=O)NCc1ccc(c(OC)c1)O[C@H]1CN(CC=Cc3ccccc3)C[C@@H]1NC2=O. The molecular formula is C31H33N3O6. The fourth-order valence-corrected chi connectivity index (χ4v) is 4.82. The smallest absolute Gasteiger partial charge is 0.258 e. The van der Waals surface area contributed by atoms with Crippen molar-refractivity contribution in [2.75, 3.05) is 40.5 Å². The highest BCUT2D eigenvalue weighted by Crippen LogP contribution is 2.32. The third-order valence-corrected chi connectivity index (χ3v) is 6.91. The molecule has 3 aromatic rings. The van der Waals surface area contributed by atoms with Gasteiger partial charge < -0.3 is 29.6 Å². The number of nitrogens with zero attached hydrogens (tertiary/aromatic N) is 1. The van der Waals surface area contributed by atoms with E-state index in [9.17, 15) is 9.59 Å². The summed E-state index contributed by atoms with van der Waals surface area (Å²) in [5, 5.41) is 5.99. The molecule has 3 aromatic carbocycles. The molecular weight excluding hydrogens is 510 g/mol. The maximum absolute atomic E-state index is 13.4. The monoisotopic (exact) mass is 543 g/mol.